The first-order valence-electron chi connectivity index (χ1n) is 5.42. The zero-order chi connectivity index (χ0) is 10.8. The summed E-state index contributed by atoms with van der Waals surface area (Å²) in [5, 5.41) is 2.73. The van der Waals surface area contributed by atoms with Crippen LogP contribution in [0.1, 0.15) is 40.0 Å². The van der Waals surface area contributed by atoms with Crippen LogP contribution in [0.25, 0.3) is 0 Å². The van der Waals surface area contributed by atoms with E-state index in [0.717, 1.165) is 32.4 Å². The summed E-state index contributed by atoms with van der Waals surface area (Å²) < 4.78 is 0. The predicted octanol–water partition coefficient (Wildman–Crippen LogP) is 2.74. The summed E-state index contributed by atoms with van der Waals surface area (Å²) in [6, 6.07) is 0.0124. The molecule has 3 nitrogen and oxygen atoms in total. The van der Waals surface area contributed by atoms with Crippen LogP contribution in [0.5, 0.6) is 0 Å². The van der Waals surface area contributed by atoms with Gasteiger partial charge in [-0.25, -0.2) is 4.79 Å². The van der Waals surface area contributed by atoms with Gasteiger partial charge in [-0.05, 0) is 19.8 Å². The first-order valence-corrected chi connectivity index (χ1v) is 5.42. The third kappa shape index (κ3) is 5.62. The highest BCUT2D eigenvalue weighted by molar-refractivity contribution is 5.75. The second-order valence-corrected chi connectivity index (χ2v) is 3.29. The molecule has 2 amide bonds. The average Bonchev–Trinajstić information content (AvgIpc) is 2.20. The number of carbonyl (C=O) groups is 1. The summed E-state index contributed by atoms with van der Waals surface area (Å²) in [5.74, 6) is 0. The van der Waals surface area contributed by atoms with Gasteiger partial charge in [0.05, 0.1) is 0 Å². The van der Waals surface area contributed by atoms with E-state index in [0.29, 0.717) is 0 Å². The van der Waals surface area contributed by atoms with E-state index in [1.54, 1.807) is 6.20 Å². The molecule has 0 saturated heterocycles. The lowest BCUT2D eigenvalue weighted by atomic mass is 10.3. The summed E-state index contributed by atoms with van der Waals surface area (Å²) in [7, 11) is 0. The fourth-order valence-electron chi connectivity index (χ4n) is 1.18. The zero-order valence-electron chi connectivity index (χ0n) is 9.55. The number of allylic oxidation sites excluding steroid dienone is 1. The summed E-state index contributed by atoms with van der Waals surface area (Å²) >= 11 is 0. The molecule has 0 aliphatic carbocycles. The maximum absolute atomic E-state index is 11.6. The van der Waals surface area contributed by atoms with Gasteiger partial charge in [-0.3, -0.25) is 0 Å². The molecule has 1 N–H and O–H groups in total. The molecule has 0 aliphatic rings. The molecule has 14 heavy (non-hydrogen) atoms. The van der Waals surface area contributed by atoms with E-state index in [-0.39, 0.29) is 6.03 Å². The van der Waals surface area contributed by atoms with Gasteiger partial charge in [0.2, 0.25) is 0 Å². The van der Waals surface area contributed by atoms with Crippen LogP contribution in [0.2, 0.25) is 0 Å². The molecule has 3 heteroatoms. The minimum Gasteiger partial charge on any atom is -0.325 e. The highest BCUT2D eigenvalue weighted by Gasteiger charge is 2.09. The molecule has 0 aromatic heterocycles. The van der Waals surface area contributed by atoms with Crippen molar-refractivity contribution in [2.24, 2.45) is 0 Å². The molecule has 0 aliphatic heterocycles. The Morgan fingerprint density at radius 3 is 2.50 bits per heavy atom. The molecule has 0 fully saturated rings. The van der Waals surface area contributed by atoms with E-state index >= 15 is 0 Å². The largest absolute Gasteiger partial charge is 0.325 e. The summed E-state index contributed by atoms with van der Waals surface area (Å²) in [6.45, 7) is 7.80. The second kappa shape index (κ2) is 8.60. The van der Waals surface area contributed by atoms with E-state index in [1.807, 2.05) is 17.9 Å². The quantitative estimate of drug-likeness (QED) is 0.699. The molecular formula is C11H22N2O. The third-order valence-corrected chi connectivity index (χ3v) is 1.94. The van der Waals surface area contributed by atoms with E-state index in [9.17, 15) is 4.79 Å². The van der Waals surface area contributed by atoms with Crippen molar-refractivity contribution in [1.29, 1.82) is 0 Å². The maximum Gasteiger partial charge on any atom is 0.321 e. The molecule has 0 bridgehead atoms. The number of carbonyl (C=O) groups excluding carboxylic acids is 1. The van der Waals surface area contributed by atoms with Crippen LogP contribution < -0.4 is 5.32 Å². The van der Waals surface area contributed by atoms with Gasteiger partial charge in [0.1, 0.15) is 0 Å². The molecular weight excluding hydrogens is 176 g/mol. The van der Waals surface area contributed by atoms with Crippen LogP contribution in [0, 0.1) is 0 Å². The van der Waals surface area contributed by atoms with Gasteiger partial charge in [-0.2, -0.15) is 0 Å². The summed E-state index contributed by atoms with van der Waals surface area (Å²) in [5.41, 5.74) is 0. The van der Waals surface area contributed by atoms with E-state index in [1.165, 1.54) is 0 Å². The Hall–Kier alpha value is -0.990. The normalized spacial score (nSPS) is 10.5. The predicted molar refractivity (Wildman–Crippen MR) is 60.1 cm³/mol. The SMILES string of the molecule is C/C=C/NC(=O)N(CCC)CCCC. The van der Waals surface area contributed by atoms with E-state index in [2.05, 4.69) is 19.2 Å². The van der Waals surface area contributed by atoms with Gasteiger partial charge >= 0.3 is 6.03 Å². The Morgan fingerprint density at radius 1 is 1.29 bits per heavy atom. The number of hydrogen-bond donors (Lipinski definition) is 1. The maximum atomic E-state index is 11.6. The Labute approximate surface area is 87.2 Å². The van der Waals surface area contributed by atoms with E-state index < -0.39 is 0 Å². The smallest absolute Gasteiger partial charge is 0.321 e. The molecule has 0 saturated carbocycles. The van der Waals surface area contributed by atoms with Gasteiger partial charge in [-0.1, -0.05) is 26.3 Å². The molecule has 82 valence electrons. The molecule has 0 atom stereocenters. The Bertz CT molecular complexity index is 178. The van der Waals surface area contributed by atoms with Gasteiger partial charge in [0.15, 0.2) is 0 Å². The number of nitrogens with zero attached hydrogens (tertiary/aromatic N) is 1. The molecule has 0 aromatic carbocycles. The van der Waals surface area contributed by atoms with Crippen molar-refractivity contribution in [3.63, 3.8) is 0 Å². The minimum atomic E-state index is 0.0124. The Balaban J connectivity index is 3.96. The lowest BCUT2D eigenvalue weighted by molar-refractivity contribution is 0.200. The average molecular weight is 198 g/mol. The van der Waals surface area contributed by atoms with Crippen LogP contribution >= 0.6 is 0 Å². The molecule has 0 heterocycles. The fourth-order valence-corrected chi connectivity index (χ4v) is 1.18. The van der Waals surface area contributed by atoms with Crippen LogP contribution in [0.3, 0.4) is 0 Å². The number of nitrogens with one attached hydrogen (secondary N) is 1. The number of amides is 2. The second-order valence-electron chi connectivity index (χ2n) is 3.29. The highest BCUT2D eigenvalue weighted by atomic mass is 16.2. The Morgan fingerprint density at radius 2 is 2.00 bits per heavy atom. The molecule has 0 aromatic rings. The zero-order valence-corrected chi connectivity index (χ0v) is 9.55. The van der Waals surface area contributed by atoms with Crippen molar-refractivity contribution in [1.82, 2.24) is 10.2 Å². The lowest BCUT2D eigenvalue weighted by Gasteiger charge is -2.21. The highest BCUT2D eigenvalue weighted by Crippen LogP contribution is 1.97. The van der Waals surface area contributed by atoms with Crippen molar-refractivity contribution >= 4 is 6.03 Å². The molecule has 0 spiro atoms. The van der Waals surface area contributed by atoms with Crippen molar-refractivity contribution in [2.45, 2.75) is 40.0 Å². The summed E-state index contributed by atoms with van der Waals surface area (Å²) in [6.07, 6.45) is 6.70. The standard InChI is InChI=1S/C11H22N2O/c1-4-7-10-13(9-6-3)11(14)12-8-5-2/h5,8H,4,6-7,9-10H2,1-3H3,(H,12,14)/b8-5+. The first-order chi connectivity index (χ1) is 6.76. The topological polar surface area (TPSA) is 32.3 Å². The number of rotatable bonds is 6. The number of urea groups is 1. The van der Waals surface area contributed by atoms with Gasteiger partial charge < -0.3 is 10.2 Å². The van der Waals surface area contributed by atoms with Gasteiger partial charge in [-0.15, -0.1) is 0 Å². The van der Waals surface area contributed by atoms with Crippen molar-refractivity contribution in [3.05, 3.63) is 12.3 Å². The van der Waals surface area contributed by atoms with Crippen molar-refractivity contribution in [2.75, 3.05) is 13.1 Å². The molecule has 0 unspecified atom stereocenters. The first kappa shape index (κ1) is 13.0. The third-order valence-electron chi connectivity index (χ3n) is 1.94. The Kier molecular flexibility index (Phi) is 7.99. The van der Waals surface area contributed by atoms with Crippen molar-refractivity contribution in [3.8, 4) is 0 Å². The van der Waals surface area contributed by atoms with Crippen LogP contribution in [-0.4, -0.2) is 24.0 Å². The molecule has 0 radical (unpaired) electrons. The minimum absolute atomic E-state index is 0.0124. The number of hydrogen-bond acceptors (Lipinski definition) is 1. The van der Waals surface area contributed by atoms with Crippen molar-refractivity contribution < 1.29 is 4.79 Å². The molecule has 0 rings (SSSR count). The summed E-state index contributed by atoms with van der Waals surface area (Å²) in [4.78, 5) is 13.4. The van der Waals surface area contributed by atoms with Crippen LogP contribution in [0.4, 0.5) is 4.79 Å². The number of unbranched alkanes of at least 4 members (excludes halogenated alkanes) is 1. The monoisotopic (exact) mass is 198 g/mol. The van der Waals surface area contributed by atoms with Crippen LogP contribution in [-0.2, 0) is 0 Å². The van der Waals surface area contributed by atoms with E-state index in [4.69, 9.17) is 0 Å². The lowest BCUT2D eigenvalue weighted by Crippen LogP contribution is -2.38. The fraction of sp³-hybridized carbons (Fsp3) is 0.727. The van der Waals surface area contributed by atoms with Crippen LogP contribution in [0.15, 0.2) is 12.3 Å². The van der Waals surface area contributed by atoms with Gasteiger partial charge in [0.25, 0.3) is 0 Å². The van der Waals surface area contributed by atoms with Gasteiger partial charge in [0, 0.05) is 19.3 Å².